The fourth-order valence-corrected chi connectivity index (χ4v) is 3.63. The lowest BCUT2D eigenvalue weighted by Gasteiger charge is -2.31. The van der Waals surface area contributed by atoms with Crippen molar-refractivity contribution in [2.45, 2.75) is 13.0 Å². The Hall–Kier alpha value is -3.28. The molecule has 138 valence electrons. The zero-order chi connectivity index (χ0) is 19.0. The predicted molar refractivity (Wildman–Crippen MR) is 103 cm³/mol. The standard InChI is InChI=1S/C21H20N2O4/c1-26-19-9-17-16-6-7-23(15-5-3-4-13(8-15)21(24)25)12-14(16)11-22-18(17)10-20(19)27-2/h3-5,8-11H,6-7,12H2,1-2H3,(H,24,25). The predicted octanol–water partition coefficient (Wildman–Crippen LogP) is 3.51. The lowest BCUT2D eigenvalue weighted by Crippen LogP contribution is -2.30. The molecule has 0 saturated carbocycles. The van der Waals surface area contributed by atoms with E-state index in [1.165, 1.54) is 5.56 Å². The molecule has 0 fully saturated rings. The first kappa shape index (κ1) is 17.1. The van der Waals surface area contributed by atoms with E-state index in [2.05, 4.69) is 9.88 Å². The number of benzene rings is 2. The summed E-state index contributed by atoms with van der Waals surface area (Å²) in [5, 5.41) is 10.3. The van der Waals surface area contributed by atoms with Crippen LogP contribution in [-0.4, -0.2) is 36.8 Å². The number of anilines is 1. The van der Waals surface area contributed by atoms with Crippen LogP contribution in [0.15, 0.2) is 42.6 Å². The van der Waals surface area contributed by atoms with Gasteiger partial charge in [0.2, 0.25) is 0 Å². The first-order valence-electron chi connectivity index (χ1n) is 8.71. The number of aromatic nitrogens is 1. The first-order chi connectivity index (χ1) is 13.1. The molecule has 4 rings (SSSR count). The van der Waals surface area contributed by atoms with Gasteiger partial charge in [-0.05, 0) is 41.8 Å². The molecule has 0 amide bonds. The van der Waals surface area contributed by atoms with Gasteiger partial charge in [-0.2, -0.15) is 0 Å². The summed E-state index contributed by atoms with van der Waals surface area (Å²) < 4.78 is 10.8. The number of nitrogens with zero attached hydrogens (tertiary/aromatic N) is 2. The molecule has 0 saturated heterocycles. The van der Waals surface area contributed by atoms with E-state index in [0.29, 0.717) is 23.6 Å². The van der Waals surface area contributed by atoms with E-state index in [9.17, 15) is 9.90 Å². The van der Waals surface area contributed by atoms with E-state index in [-0.39, 0.29) is 0 Å². The average molecular weight is 364 g/mol. The van der Waals surface area contributed by atoms with Crippen LogP contribution in [0, 0.1) is 0 Å². The number of rotatable bonds is 4. The molecule has 2 aromatic carbocycles. The Morgan fingerprint density at radius 2 is 1.93 bits per heavy atom. The van der Waals surface area contributed by atoms with Crippen molar-refractivity contribution in [3.63, 3.8) is 0 Å². The van der Waals surface area contributed by atoms with Crippen molar-refractivity contribution >= 4 is 22.6 Å². The number of pyridine rings is 1. The fraction of sp³-hybridized carbons (Fsp3) is 0.238. The maximum absolute atomic E-state index is 11.2. The highest BCUT2D eigenvalue weighted by Crippen LogP contribution is 2.36. The third-order valence-corrected chi connectivity index (χ3v) is 5.03. The van der Waals surface area contributed by atoms with Gasteiger partial charge in [0.15, 0.2) is 11.5 Å². The topological polar surface area (TPSA) is 71.9 Å². The lowest BCUT2D eigenvalue weighted by atomic mass is 9.96. The van der Waals surface area contributed by atoms with Crippen molar-refractivity contribution in [1.82, 2.24) is 4.98 Å². The highest BCUT2D eigenvalue weighted by Gasteiger charge is 2.21. The molecule has 1 aliphatic rings. The van der Waals surface area contributed by atoms with Crippen molar-refractivity contribution < 1.29 is 19.4 Å². The van der Waals surface area contributed by atoms with Gasteiger partial charge < -0.3 is 19.5 Å². The number of carboxylic acid groups (broad SMARTS) is 1. The molecule has 27 heavy (non-hydrogen) atoms. The number of methoxy groups -OCH3 is 2. The molecular weight excluding hydrogens is 344 g/mol. The zero-order valence-corrected chi connectivity index (χ0v) is 15.2. The molecule has 6 heteroatoms. The maximum atomic E-state index is 11.2. The van der Waals surface area contributed by atoms with Gasteiger partial charge in [0.05, 0.1) is 25.3 Å². The molecule has 6 nitrogen and oxygen atoms in total. The molecule has 0 aliphatic carbocycles. The Bertz CT molecular complexity index is 1030. The summed E-state index contributed by atoms with van der Waals surface area (Å²) in [5.74, 6) is 0.445. The molecule has 0 bridgehead atoms. The van der Waals surface area contributed by atoms with Gasteiger partial charge in [-0.3, -0.25) is 4.98 Å². The quantitative estimate of drug-likeness (QED) is 0.764. The van der Waals surface area contributed by atoms with E-state index >= 15 is 0 Å². The van der Waals surface area contributed by atoms with Crippen LogP contribution in [0.1, 0.15) is 21.5 Å². The SMILES string of the molecule is COc1cc2ncc3c(c2cc1OC)CCN(c1cccc(C(=O)O)c1)C3. The molecular formula is C21H20N2O4. The highest BCUT2D eigenvalue weighted by molar-refractivity contribution is 5.89. The minimum atomic E-state index is -0.914. The van der Waals surface area contributed by atoms with Gasteiger partial charge in [-0.15, -0.1) is 0 Å². The van der Waals surface area contributed by atoms with Gasteiger partial charge in [-0.25, -0.2) is 4.79 Å². The fourth-order valence-electron chi connectivity index (χ4n) is 3.63. The second-order valence-electron chi connectivity index (χ2n) is 6.51. The second kappa shape index (κ2) is 6.79. The Labute approximate surface area is 157 Å². The Balaban J connectivity index is 1.72. The van der Waals surface area contributed by atoms with Crippen LogP contribution in [0.4, 0.5) is 5.69 Å². The van der Waals surface area contributed by atoms with Crippen LogP contribution >= 0.6 is 0 Å². The maximum Gasteiger partial charge on any atom is 0.335 e. The van der Waals surface area contributed by atoms with Gasteiger partial charge >= 0.3 is 5.97 Å². The van der Waals surface area contributed by atoms with Gasteiger partial charge in [-0.1, -0.05) is 6.07 Å². The number of ether oxygens (including phenoxy) is 2. The third kappa shape index (κ3) is 3.03. The largest absolute Gasteiger partial charge is 0.493 e. The second-order valence-corrected chi connectivity index (χ2v) is 6.51. The summed E-state index contributed by atoms with van der Waals surface area (Å²) in [6.07, 6.45) is 2.75. The highest BCUT2D eigenvalue weighted by atomic mass is 16.5. The van der Waals surface area contributed by atoms with Crippen LogP contribution in [0.2, 0.25) is 0 Å². The third-order valence-electron chi connectivity index (χ3n) is 5.03. The van der Waals surface area contributed by atoms with Gasteiger partial charge in [0.25, 0.3) is 0 Å². The van der Waals surface area contributed by atoms with E-state index in [4.69, 9.17) is 9.47 Å². The smallest absolute Gasteiger partial charge is 0.335 e. The van der Waals surface area contributed by atoms with Crippen LogP contribution in [0.3, 0.4) is 0 Å². The summed E-state index contributed by atoms with van der Waals surface area (Å²) in [5.41, 5.74) is 4.49. The van der Waals surface area contributed by atoms with Crippen LogP contribution < -0.4 is 14.4 Å². The summed E-state index contributed by atoms with van der Waals surface area (Å²) in [4.78, 5) is 18.0. The summed E-state index contributed by atoms with van der Waals surface area (Å²) in [7, 11) is 3.24. The monoisotopic (exact) mass is 364 g/mol. The van der Waals surface area contributed by atoms with Crippen molar-refractivity contribution in [2.75, 3.05) is 25.7 Å². The number of aromatic carboxylic acids is 1. The number of hydrogen-bond acceptors (Lipinski definition) is 5. The molecule has 0 unspecified atom stereocenters. The molecule has 3 aromatic rings. The molecule has 0 atom stereocenters. The number of fused-ring (bicyclic) bond motifs is 3. The molecule has 2 heterocycles. The number of hydrogen-bond donors (Lipinski definition) is 1. The van der Waals surface area contributed by atoms with E-state index in [0.717, 1.165) is 35.1 Å². The van der Waals surface area contributed by atoms with Crippen LogP contribution in [0.25, 0.3) is 10.9 Å². The summed E-state index contributed by atoms with van der Waals surface area (Å²) in [6.45, 7) is 1.50. The minimum absolute atomic E-state index is 0.298. The van der Waals surface area contributed by atoms with E-state index in [1.54, 1.807) is 32.4 Å². The van der Waals surface area contributed by atoms with Crippen LogP contribution in [0.5, 0.6) is 11.5 Å². The molecule has 1 aromatic heterocycles. The Kier molecular flexibility index (Phi) is 4.32. The normalized spacial score (nSPS) is 13.3. The van der Waals surface area contributed by atoms with E-state index in [1.807, 2.05) is 24.4 Å². The molecule has 1 aliphatic heterocycles. The van der Waals surface area contributed by atoms with Crippen molar-refractivity contribution in [2.24, 2.45) is 0 Å². The Morgan fingerprint density at radius 3 is 2.67 bits per heavy atom. The van der Waals surface area contributed by atoms with Crippen molar-refractivity contribution in [3.05, 3.63) is 59.3 Å². The van der Waals surface area contributed by atoms with Gasteiger partial charge in [0, 0.05) is 36.4 Å². The molecule has 0 spiro atoms. The zero-order valence-electron chi connectivity index (χ0n) is 15.2. The molecule has 1 N–H and O–H groups in total. The van der Waals surface area contributed by atoms with E-state index < -0.39 is 5.97 Å². The lowest BCUT2D eigenvalue weighted by molar-refractivity contribution is 0.0697. The Morgan fingerprint density at radius 1 is 1.15 bits per heavy atom. The summed E-state index contributed by atoms with van der Waals surface area (Å²) >= 11 is 0. The first-order valence-corrected chi connectivity index (χ1v) is 8.71. The average Bonchev–Trinajstić information content (AvgIpc) is 2.72. The number of carbonyl (C=O) groups is 1. The van der Waals surface area contributed by atoms with Crippen molar-refractivity contribution in [3.8, 4) is 11.5 Å². The van der Waals surface area contributed by atoms with Gasteiger partial charge in [0.1, 0.15) is 0 Å². The summed E-state index contributed by atoms with van der Waals surface area (Å²) in [6, 6.07) is 10.9. The van der Waals surface area contributed by atoms with Crippen molar-refractivity contribution in [1.29, 1.82) is 0 Å². The van der Waals surface area contributed by atoms with Crippen LogP contribution in [-0.2, 0) is 13.0 Å². The molecule has 0 radical (unpaired) electrons. The minimum Gasteiger partial charge on any atom is -0.493 e. The number of carboxylic acids is 1.